The van der Waals surface area contributed by atoms with Crippen molar-refractivity contribution < 1.29 is 4.79 Å². The first-order valence-corrected chi connectivity index (χ1v) is 8.64. The molecule has 20 heavy (non-hydrogen) atoms. The molecule has 4 heteroatoms. The fraction of sp³-hybridized carbons (Fsp3) is 0.188. The van der Waals surface area contributed by atoms with E-state index in [-0.39, 0.29) is 5.91 Å². The zero-order chi connectivity index (χ0) is 14.2. The van der Waals surface area contributed by atoms with Crippen LogP contribution >= 0.6 is 34.4 Å². The third-order valence-corrected chi connectivity index (χ3v) is 4.43. The highest BCUT2D eigenvalue weighted by atomic mass is 127. The molecule has 0 saturated heterocycles. The minimum atomic E-state index is 0.00354. The first kappa shape index (κ1) is 15.4. The minimum Gasteiger partial charge on any atom is -0.351 e. The molecule has 1 N–H and O–H groups in total. The summed E-state index contributed by atoms with van der Waals surface area (Å²) < 4.78 is 1.08. The van der Waals surface area contributed by atoms with Crippen molar-refractivity contribution in [2.24, 2.45) is 0 Å². The van der Waals surface area contributed by atoms with Crippen LogP contribution in [0, 0.1) is 3.57 Å². The third-order valence-electron chi connectivity index (χ3n) is 2.73. The number of nitrogens with one attached hydrogen (secondary N) is 1. The standard InChI is InChI=1S/C16H16INOS/c17-15-8-4-7-14(11-15)16(19)18-9-10-20-12-13-5-2-1-3-6-13/h1-8,11H,9-10,12H2,(H,18,19). The van der Waals surface area contributed by atoms with Gasteiger partial charge in [0.2, 0.25) is 0 Å². The maximum absolute atomic E-state index is 11.9. The normalized spacial score (nSPS) is 10.2. The molecule has 0 atom stereocenters. The van der Waals surface area contributed by atoms with Crippen LogP contribution in [-0.2, 0) is 5.75 Å². The number of thioether (sulfide) groups is 1. The van der Waals surface area contributed by atoms with E-state index in [9.17, 15) is 4.79 Å². The lowest BCUT2D eigenvalue weighted by molar-refractivity contribution is 0.0956. The molecule has 0 saturated carbocycles. The Kier molecular flexibility index (Phi) is 6.39. The predicted molar refractivity (Wildman–Crippen MR) is 94.1 cm³/mol. The van der Waals surface area contributed by atoms with Gasteiger partial charge in [0.1, 0.15) is 0 Å². The van der Waals surface area contributed by atoms with Gasteiger partial charge in [0, 0.05) is 27.2 Å². The Hall–Kier alpha value is -1.01. The van der Waals surface area contributed by atoms with Gasteiger partial charge in [0.05, 0.1) is 0 Å². The average Bonchev–Trinajstić information content (AvgIpc) is 2.48. The maximum Gasteiger partial charge on any atom is 0.251 e. The molecule has 2 aromatic rings. The summed E-state index contributed by atoms with van der Waals surface area (Å²) in [5.74, 6) is 1.91. The van der Waals surface area contributed by atoms with Crippen LogP contribution < -0.4 is 5.32 Å². The average molecular weight is 397 g/mol. The van der Waals surface area contributed by atoms with Gasteiger partial charge in [-0.2, -0.15) is 11.8 Å². The topological polar surface area (TPSA) is 29.1 Å². The SMILES string of the molecule is O=C(NCCSCc1ccccc1)c1cccc(I)c1. The first-order chi connectivity index (χ1) is 9.75. The van der Waals surface area contributed by atoms with Gasteiger partial charge in [-0.15, -0.1) is 0 Å². The molecule has 0 aliphatic rings. The van der Waals surface area contributed by atoms with E-state index in [4.69, 9.17) is 0 Å². The van der Waals surface area contributed by atoms with Crippen LogP contribution in [0.2, 0.25) is 0 Å². The van der Waals surface area contributed by atoms with Crippen molar-refractivity contribution in [2.75, 3.05) is 12.3 Å². The van der Waals surface area contributed by atoms with E-state index in [1.54, 1.807) is 0 Å². The summed E-state index contributed by atoms with van der Waals surface area (Å²) in [6, 6.07) is 18.0. The molecule has 0 spiro atoms. The molecule has 0 fully saturated rings. The van der Waals surface area contributed by atoms with Crippen molar-refractivity contribution in [2.45, 2.75) is 5.75 Å². The van der Waals surface area contributed by atoms with Gasteiger partial charge in [-0.1, -0.05) is 36.4 Å². The maximum atomic E-state index is 11.9. The fourth-order valence-corrected chi connectivity index (χ4v) is 3.09. The second-order valence-electron chi connectivity index (χ2n) is 4.30. The van der Waals surface area contributed by atoms with E-state index < -0.39 is 0 Å². The number of rotatable bonds is 6. The Morgan fingerprint density at radius 1 is 1.10 bits per heavy atom. The summed E-state index contributed by atoms with van der Waals surface area (Å²) in [5.41, 5.74) is 2.05. The summed E-state index contributed by atoms with van der Waals surface area (Å²) in [5, 5.41) is 2.95. The molecule has 1 amide bonds. The predicted octanol–water partition coefficient (Wildman–Crippen LogP) is 3.95. The van der Waals surface area contributed by atoms with E-state index in [2.05, 4.69) is 52.2 Å². The molecule has 0 aromatic heterocycles. The molecule has 2 rings (SSSR count). The zero-order valence-corrected chi connectivity index (χ0v) is 14.0. The van der Waals surface area contributed by atoms with Gasteiger partial charge in [0.25, 0.3) is 5.91 Å². The fourth-order valence-electron chi connectivity index (χ4n) is 1.73. The first-order valence-electron chi connectivity index (χ1n) is 6.41. The molecule has 2 nitrogen and oxygen atoms in total. The van der Waals surface area contributed by atoms with Crippen LogP contribution in [0.1, 0.15) is 15.9 Å². The molecule has 0 aliphatic heterocycles. The highest BCUT2D eigenvalue weighted by Gasteiger charge is 2.04. The van der Waals surface area contributed by atoms with Gasteiger partial charge < -0.3 is 5.32 Å². The molecular weight excluding hydrogens is 381 g/mol. The Balaban J connectivity index is 1.67. The van der Waals surface area contributed by atoms with Crippen molar-refractivity contribution in [3.8, 4) is 0 Å². The van der Waals surface area contributed by atoms with E-state index >= 15 is 0 Å². The number of carbonyl (C=O) groups excluding carboxylic acids is 1. The van der Waals surface area contributed by atoms with Crippen molar-refractivity contribution in [3.05, 3.63) is 69.3 Å². The molecule has 2 aromatic carbocycles. The van der Waals surface area contributed by atoms with E-state index in [1.807, 2.05) is 42.1 Å². The number of hydrogen-bond donors (Lipinski definition) is 1. The molecule has 0 heterocycles. The molecule has 0 bridgehead atoms. The number of halogens is 1. The monoisotopic (exact) mass is 397 g/mol. The lowest BCUT2D eigenvalue weighted by atomic mass is 10.2. The molecular formula is C16H16INOS. The van der Waals surface area contributed by atoms with Crippen LogP contribution in [0.15, 0.2) is 54.6 Å². The van der Waals surface area contributed by atoms with Gasteiger partial charge in [-0.25, -0.2) is 0 Å². The van der Waals surface area contributed by atoms with E-state index in [0.717, 1.165) is 20.6 Å². The molecule has 0 unspecified atom stereocenters. The van der Waals surface area contributed by atoms with Crippen molar-refractivity contribution in [1.29, 1.82) is 0 Å². The smallest absolute Gasteiger partial charge is 0.251 e. The summed E-state index contributed by atoms with van der Waals surface area (Å²) in [4.78, 5) is 11.9. The highest BCUT2D eigenvalue weighted by Crippen LogP contribution is 2.11. The van der Waals surface area contributed by atoms with Gasteiger partial charge in [-0.3, -0.25) is 4.79 Å². The second kappa shape index (κ2) is 8.32. The number of amides is 1. The largest absolute Gasteiger partial charge is 0.351 e. The van der Waals surface area contributed by atoms with Crippen LogP contribution in [0.4, 0.5) is 0 Å². The summed E-state index contributed by atoms with van der Waals surface area (Å²) in [7, 11) is 0. The molecule has 0 radical (unpaired) electrons. The van der Waals surface area contributed by atoms with Crippen molar-refractivity contribution in [3.63, 3.8) is 0 Å². The number of hydrogen-bond acceptors (Lipinski definition) is 2. The zero-order valence-electron chi connectivity index (χ0n) is 11.0. The van der Waals surface area contributed by atoms with E-state index in [0.29, 0.717) is 6.54 Å². The minimum absolute atomic E-state index is 0.00354. The second-order valence-corrected chi connectivity index (χ2v) is 6.66. The quantitative estimate of drug-likeness (QED) is 0.591. The lowest BCUT2D eigenvalue weighted by Gasteiger charge is -2.06. The van der Waals surface area contributed by atoms with Gasteiger partial charge in [0.15, 0.2) is 0 Å². The van der Waals surface area contributed by atoms with Crippen molar-refractivity contribution in [1.82, 2.24) is 5.32 Å². The van der Waals surface area contributed by atoms with Gasteiger partial charge >= 0.3 is 0 Å². The van der Waals surface area contributed by atoms with Crippen LogP contribution in [0.5, 0.6) is 0 Å². The summed E-state index contributed by atoms with van der Waals surface area (Å²) in [6.07, 6.45) is 0. The summed E-state index contributed by atoms with van der Waals surface area (Å²) >= 11 is 4.04. The van der Waals surface area contributed by atoms with Crippen LogP contribution in [-0.4, -0.2) is 18.2 Å². The van der Waals surface area contributed by atoms with Crippen molar-refractivity contribution >= 4 is 40.3 Å². The van der Waals surface area contributed by atoms with Crippen LogP contribution in [0.3, 0.4) is 0 Å². The van der Waals surface area contributed by atoms with E-state index in [1.165, 1.54) is 5.56 Å². The third kappa shape index (κ3) is 5.17. The Morgan fingerprint density at radius 2 is 1.90 bits per heavy atom. The molecule has 0 aliphatic carbocycles. The highest BCUT2D eigenvalue weighted by molar-refractivity contribution is 14.1. The van der Waals surface area contributed by atoms with Gasteiger partial charge in [-0.05, 0) is 46.4 Å². The van der Waals surface area contributed by atoms with Crippen LogP contribution in [0.25, 0.3) is 0 Å². The Morgan fingerprint density at radius 3 is 2.65 bits per heavy atom. The lowest BCUT2D eigenvalue weighted by Crippen LogP contribution is -2.25. The molecule has 104 valence electrons. The number of carbonyl (C=O) groups is 1. The summed E-state index contributed by atoms with van der Waals surface area (Å²) in [6.45, 7) is 0.696. The Bertz CT molecular complexity index is 559. The Labute approximate surface area is 137 Å². The number of benzene rings is 2.